The van der Waals surface area contributed by atoms with Crippen molar-refractivity contribution in [2.45, 2.75) is 53.5 Å². The largest absolute Gasteiger partial charge is 0.462 e. The molecule has 0 fully saturated rings. The molecule has 2 aromatic rings. The van der Waals surface area contributed by atoms with Gasteiger partial charge in [0.25, 0.3) is 0 Å². The Labute approximate surface area is 169 Å². The smallest absolute Gasteiger partial charge is 0.350 e. The monoisotopic (exact) mass is 408 g/mol. The number of guanidine groups is 1. The number of ether oxygens (including phenoxy) is 1. The Balaban J connectivity index is 1.94. The number of aryl methyl sites for hydroxylation is 3. The molecule has 1 unspecified atom stereocenters. The molecule has 2 N–H and O–H groups in total. The lowest BCUT2D eigenvalue weighted by atomic mass is 10.3. The molecule has 0 saturated heterocycles. The molecule has 0 spiro atoms. The van der Waals surface area contributed by atoms with Crippen LogP contribution < -0.4 is 10.6 Å². The van der Waals surface area contributed by atoms with E-state index in [4.69, 9.17) is 9.26 Å². The number of aromatic nitrogens is 3. The summed E-state index contributed by atoms with van der Waals surface area (Å²) in [5.74, 6) is 1.64. The normalized spacial score (nSPS) is 12.7. The van der Waals surface area contributed by atoms with E-state index in [0.717, 1.165) is 18.0 Å². The maximum absolute atomic E-state index is 12.0. The van der Waals surface area contributed by atoms with Crippen molar-refractivity contribution >= 4 is 23.3 Å². The first kappa shape index (κ1) is 21.8. The predicted molar refractivity (Wildman–Crippen MR) is 108 cm³/mol. The van der Waals surface area contributed by atoms with E-state index >= 15 is 0 Å². The molecule has 0 aliphatic carbocycles. The highest BCUT2D eigenvalue weighted by atomic mass is 32.1. The van der Waals surface area contributed by atoms with Crippen molar-refractivity contribution in [1.29, 1.82) is 0 Å². The number of carbonyl (C=O) groups excluding carboxylic acids is 1. The maximum Gasteiger partial charge on any atom is 0.350 e. The summed E-state index contributed by atoms with van der Waals surface area (Å²) in [4.78, 5) is 25.8. The average Bonchev–Trinajstić information content (AvgIpc) is 3.24. The van der Waals surface area contributed by atoms with E-state index in [0.29, 0.717) is 47.8 Å². The topological polar surface area (TPSA) is 115 Å². The lowest BCUT2D eigenvalue weighted by Crippen LogP contribution is -2.38. The quantitative estimate of drug-likeness (QED) is 0.282. The van der Waals surface area contributed by atoms with Crippen molar-refractivity contribution in [3.63, 3.8) is 0 Å². The molecule has 0 radical (unpaired) electrons. The third kappa shape index (κ3) is 6.29. The van der Waals surface area contributed by atoms with Crippen LogP contribution in [-0.2, 0) is 11.2 Å². The molecule has 9 nitrogen and oxygen atoms in total. The van der Waals surface area contributed by atoms with Gasteiger partial charge >= 0.3 is 5.97 Å². The number of hydrogen-bond acceptors (Lipinski definition) is 8. The molecule has 2 heterocycles. The number of hydrogen-bond donors (Lipinski definition) is 2. The lowest BCUT2D eigenvalue weighted by molar-refractivity contribution is 0.0531. The molecule has 0 bridgehead atoms. The standard InChI is InChI=1S/C18H28N6O3S/c1-6-19-18(20-10-8-9-14-23-13(5)24-27-14)22-12(4)16-21-11(3)15(28-16)17(25)26-7-2/h12H,6-10H2,1-5H3,(H2,19,20,22). The average molecular weight is 409 g/mol. The van der Waals surface area contributed by atoms with Crippen molar-refractivity contribution in [1.82, 2.24) is 25.8 Å². The number of nitrogens with one attached hydrogen (secondary N) is 2. The van der Waals surface area contributed by atoms with Crippen LogP contribution in [0.1, 0.15) is 65.3 Å². The second kappa shape index (κ2) is 10.7. The third-order valence-electron chi connectivity index (χ3n) is 3.73. The van der Waals surface area contributed by atoms with Gasteiger partial charge in [-0.1, -0.05) is 5.16 Å². The fraction of sp³-hybridized carbons (Fsp3) is 0.611. The van der Waals surface area contributed by atoms with Crippen LogP contribution in [0.3, 0.4) is 0 Å². The Morgan fingerprint density at radius 1 is 1.32 bits per heavy atom. The highest BCUT2D eigenvalue weighted by Crippen LogP contribution is 2.24. The first-order valence-corrected chi connectivity index (χ1v) is 10.2. The fourth-order valence-corrected chi connectivity index (χ4v) is 3.40. The summed E-state index contributed by atoms with van der Waals surface area (Å²) in [6.07, 6.45) is 1.49. The predicted octanol–water partition coefficient (Wildman–Crippen LogP) is 2.57. The van der Waals surface area contributed by atoms with Gasteiger partial charge in [-0.15, -0.1) is 11.3 Å². The van der Waals surface area contributed by atoms with Gasteiger partial charge in [0.2, 0.25) is 5.89 Å². The second-order valence-electron chi connectivity index (χ2n) is 6.15. The van der Waals surface area contributed by atoms with Crippen LogP contribution in [-0.4, -0.2) is 46.7 Å². The van der Waals surface area contributed by atoms with E-state index in [-0.39, 0.29) is 12.0 Å². The van der Waals surface area contributed by atoms with E-state index in [1.807, 2.05) is 20.8 Å². The second-order valence-corrected chi connectivity index (χ2v) is 7.18. The minimum Gasteiger partial charge on any atom is -0.462 e. The van der Waals surface area contributed by atoms with Gasteiger partial charge in [0, 0.05) is 19.5 Å². The van der Waals surface area contributed by atoms with Crippen molar-refractivity contribution in [3.05, 3.63) is 27.3 Å². The van der Waals surface area contributed by atoms with Gasteiger partial charge in [0.15, 0.2) is 11.8 Å². The molecular formula is C18H28N6O3S. The Morgan fingerprint density at radius 3 is 2.75 bits per heavy atom. The molecule has 2 rings (SSSR count). The third-order valence-corrected chi connectivity index (χ3v) is 5.05. The number of esters is 1. The fourth-order valence-electron chi connectivity index (χ4n) is 2.44. The van der Waals surface area contributed by atoms with Crippen LogP contribution in [0.5, 0.6) is 0 Å². The van der Waals surface area contributed by atoms with Gasteiger partial charge < -0.3 is 19.9 Å². The number of nitrogens with zero attached hydrogens (tertiary/aromatic N) is 4. The van der Waals surface area contributed by atoms with Crippen LogP contribution >= 0.6 is 11.3 Å². The van der Waals surface area contributed by atoms with E-state index in [9.17, 15) is 4.79 Å². The van der Waals surface area contributed by atoms with Gasteiger partial charge in [-0.2, -0.15) is 4.98 Å². The van der Waals surface area contributed by atoms with E-state index in [2.05, 4.69) is 30.8 Å². The molecular weight excluding hydrogens is 380 g/mol. The first-order chi connectivity index (χ1) is 13.4. The molecule has 0 saturated carbocycles. The van der Waals surface area contributed by atoms with Crippen LogP contribution in [0.2, 0.25) is 0 Å². The molecule has 154 valence electrons. The van der Waals surface area contributed by atoms with Gasteiger partial charge in [0.05, 0.1) is 18.3 Å². The van der Waals surface area contributed by atoms with Crippen molar-refractivity contribution in [2.24, 2.45) is 4.99 Å². The Morgan fingerprint density at radius 2 is 2.11 bits per heavy atom. The highest BCUT2D eigenvalue weighted by molar-refractivity contribution is 7.13. The van der Waals surface area contributed by atoms with Crippen LogP contribution in [0.15, 0.2) is 9.52 Å². The lowest BCUT2D eigenvalue weighted by Gasteiger charge is -2.15. The Bertz CT molecular complexity index is 801. The zero-order valence-electron chi connectivity index (χ0n) is 17.0. The minimum absolute atomic E-state index is 0.0942. The van der Waals surface area contributed by atoms with Gasteiger partial charge in [-0.25, -0.2) is 9.78 Å². The van der Waals surface area contributed by atoms with Crippen molar-refractivity contribution in [3.8, 4) is 0 Å². The Hall–Kier alpha value is -2.49. The van der Waals surface area contributed by atoms with E-state index in [1.54, 1.807) is 13.8 Å². The minimum atomic E-state index is -0.326. The van der Waals surface area contributed by atoms with Gasteiger partial charge in [-0.05, 0) is 41.0 Å². The van der Waals surface area contributed by atoms with Crippen molar-refractivity contribution in [2.75, 3.05) is 19.7 Å². The zero-order chi connectivity index (χ0) is 20.5. The van der Waals surface area contributed by atoms with Gasteiger partial charge in [0.1, 0.15) is 9.88 Å². The molecule has 0 amide bonds. The highest BCUT2D eigenvalue weighted by Gasteiger charge is 2.20. The molecule has 2 aromatic heterocycles. The van der Waals surface area contributed by atoms with Gasteiger partial charge in [-0.3, -0.25) is 4.99 Å². The molecule has 10 heteroatoms. The van der Waals surface area contributed by atoms with Crippen molar-refractivity contribution < 1.29 is 14.1 Å². The molecule has 1 atom stereocenters. The molecule has 0 aliphatic heterocycles. The SMILES string of the molecule is CCNC(=NCCCc1nc(C)no1)NC(C)c1nc(C)c(C(=O)OCC)s1. The Kier molecular flexibility index (Phi) is 8.37. The van der Waals surface area contributed by atoms with Crippen LogP contribution in [0, 0.1) is 13.8 Å². The van der Waals surface area contributed by atoms with E-state index in [1.165, 1.54) is 11.3 Å². The van der Waals surface area contributed by atoms with Crippen LogP contribution in [0.4, 0.5) is 0 Å². The number of rotatable bonds is 9. The van der Waals surface area contributed by atoms with Crippen LogP contribution in [0.25, 0.3) is 0 Å². The summed E-state index contributed by atoms with van der Waals surface area (Å²) >= 11 is 1.35. The summed E-state index contributed by atoms with van der Waals surface area (Å²) in [5.41, 5.74) is 0.684. The molecule has 0 aliphatic rings. The summed E-state index contributed by atoms with van der Waals surface area (Å²) in [6.45, 7) is 11.1. The summed E-state index contributed by atoms with van der Waals surface area (Å²) in [7, 11) is 0. The summed E-state index contributed by atoms with van der Waals surface area (Å²) in [6, 6.07) is -0.0942. The number of carbonyl (C=O) groups is 1. The molecule has 28 heavy (non-hydrogen) atoms. The summed E-state index contributed by atoms with van der Waals surface area (Å²) in [5, 5.41) is 11.1. The summed E-state index contributed by atoms with van der Waals surface area (Å²) < 4.78 is 10.2. The first-order valence-electron chi connectivity index (χ1n) is 9.43. The number of aliphatic imine (C=N–C) groups is 1. The van der Waals surface area contributed by atoms with E-state index < -0.39 is 0 Å². The number of thiazole rings is 1. The zero-order valence-corrected chi connectivity index (χ0v) is 17.9. The maximum atomic E-state index is 12.0. The molecule has 0 aromatic carbocycles.